The number of nitrogens with one attached hydrogen (secondary N) is 1. The Morgan fingerprint density at radius 3 is 2.48 bits per heavy atom. The summed E-state index contributed by atoms with van der Waals surface area (Å²) in [5.41, 5.74) is 2.10. The van der Waals surface area contributed by atoms with Gasteiger partial charge in [-0.1, -0.05) is 13.8 Å². The maximum absolute atomic E-state index is 13.5. The Hall–Kier alpha value is -1.82. The fourth-order valence-electron chi connectivity index (χ4n) is 2.68. The molecule has 112 valence electrons. The van der Waals surface area contributed by atoms with Gasteiger partial charge in [0.25, 0.3) is 0 Å². The van der Waals surface area contributed by atoms with Crippen LogP contribution in [0.15, 0.2) is 12.1 Å². The molecule has 0 bridgehead atoms. The van der Waals surface area contributed by atoms with Gasteiger partial charge in [-0.05, 0) is 0 Å². The molecule has 0 unspecified atom stereocenters. The average molecular weight is 295 g/mol. The van der Waals surface area contributed by atoms with Crippen LogP contribution in [0, 0.1) is 17.5 Å². The first kappa shape index (κ1) is 14.1. The molecule has 0 amide bonds. The van der Waals surface area contributed by atoms with E-state index in [0.717, 1.165) is 42.3 Å². The molecule has 0 atom stereocenters. The zero-order valence-electron chi connectivity index (χ0n) is 11.9. The molecule has 1 aliphatic rings. The van der Waals surface area contributed by atoms with E-state index in [2.05, 4.69) is 10.3 Å². The summed E-state index contributed by atoms with van der Waals surface area (Å²) in [6.07, 6.45) is 0.718. The van der Waals surface area contributed by atoms with Gasteiger partial charge >= 0.3 is 0 Å². The predicted molar refractivity (Wildman–Crippen MR) is 72.9 cm³/mol. The number of halogens is 3. The Labute approximate surface area is 120 Å². The van der Waals surface area contributed by atoms with E-state index in [1.165, 1.54) is 0 Å². The molecule has 0 fully saturated rings. The highest BCUT2D eigenvalue weighted by Crippen LogP contribution is 2.27. The highest BCUT2D eigenvalue weighted by atomic mass is 19.2. The van der Waals surface area contributed by atoms with Crippen LogP contribution in [0.4, 0.5) is 13.2 Å². The SMILES string of the molecule is CC(C)c1nc2c(n1-c1cc(F)c(F)c(F)c1)CCNC2. The van der Waals surface area contributed by atoms with Crippen LogP contribution < -0.4 is 5.32 Å². The van der Waals surface area contributed by atoms with Crippen molar-refractivity contribution < 1.29 is 13.2 Å². The van der Waals surface area contributed by atoms with E-state index in [4.69, 9.17) is 0 Å². The first-order valence-electron chi connectivity index (χ1n) is 6.95. The smallest absolute Gasteiger partial charge is 0.194 e. The van der Waals surface area contributed by atoms with E-state index in [1.807, 2.05) is 13.8 Å². The molecule has 0 aliphatic carbocycles. The van der Waals surface area contributed by atoms with Gasteiger partial charge in [-0.15, -0.1) is 0 Å². The Bertz CT molecular complexity index is 669. The first-order chi connectivity index (χ1) is 9.99. The Kier molecular flexibility index (Phi) is 3.49. The quantitative estimate of drug-likeness (QED) is 0.863. The van der Waals surface area contributed by atoms with Crippen LogP contribution in [0.5, 0.6) is 0 Å². The molecule has 0 saturated carbocycles. The molecule has 3 rings (SSSR count). The molecular weight excluding hydrogens is 279 g/mol. The van der Waals surface area contributed by atoms with Gasteiger partial charge in [0.2, 0.25) is 0 Å². The van der Waals surface area contributed by atoms with Crippen molar-refractivity contribution in [1.82, 2.24) is 14.9 Å². The van der Waals surface area contributed by atoms with Crippen LogP contribution in [0.1, 0.15) is 37.0 Å². The van der Waals surface area contributed by atoms with Crippen LogP contribution in [0.2, 0.25) is 0 Å². The minimum atomic E-state index is -1.44. The van der Waals surface area contributed by atoms with E-state index in [-0.39, 0.29) is 11.6 Å². The van der Waals surface area contributed by atoms with Crippen molar-refractivity contribution in [2.45, 2.75) is 32.7 Å². The number of benzene rings is 1. The third-order valence-electron chi connectivity index (χ3n) is 3.66. The third kappa shape index (κ3) is 2.33. The standard InChI is InChI=1S/C15H16F3N3/c1-8(2)15-20-12-7-19-4-3-13(12)21(15)9-5-10(16)14(18)11(17)6-9/h5-6,8,19H,3-4,7H2,1-2H3. The van der Waals surface area contributed by atoms with Crippen molar-refractivity contribution in [2.24, 2.45) is 0 Å². The fourth-order valence-corrected chi connectivity index (χ4v) is 2.68. The number of hydrogen-bond donors (Lipinski definition) is 1. The Balaban J connectivity index is 2.23. The topological polar surface area (TPSA) is 29.9 Å². The minimum absolute atomic E-state index is 0.0896. The van der Waals surface area contributed by atoms with Crippen LogP contribution in [0.25, 0.3) is 5.69 Å². The van der Waals surface area contributed by atoms with Gasteiger partial charge in [0.05, 0.1) is 11.4 Å². The third-order valence-corrected chi connectivity index (χ3v) is 3.66. The number of fused-ring (bicyclic) bond motifs is 1. The van der Waals surface area contributed by atoms with E-state index >= 15 is 0 Å². The molecule has 0 spiro atoms. The second kappa shape index (κ2) is 5.18. The number of aromatic nitrogens is 2. The highest BCUT2D eigenvalue weighted by molar-refractivity contribution is 5.40. The van der Waals surface area contributed by atoms with Gasteiger partial charge in [0.15, 0.2) is 17.5 Å². The van der Waals surface area contributed by atoms with Crippen molar-refractivity contribution in [3.8, 4) is 5.69 Å². The van der Waals surface area contributed by atoms with E-state index < -0.39 is 17.5 Å². The maximum atomic E-state index is 13.5. The first-order valence-corrected chi connectivity index (χ1v) is 6.95. The van der Waals surface area contributed by atoms with Crippen LogP contribution in [0.3, 0.4) is 0 Å². The molecule has 2 heterocycles. The zero-order valence-corrected chi connectivity index (χ0v) is 11.9. The summed E-state index contributed by atoms with van der Waals surface area (Å²) in [6, 6.07) is 2.04. The summed E-state index contributed by atoms with van der Waals surface area (Å²) in [5.74, 6) is -2.99. The number of imidazole rings is 1. The second-order valence-electron chi connectivity index (χ2n) is 5.50. The molecule has 3 nitrogen and oxygen atoms in total. The zero-order chi connectivity index (χ0) is 15.1. The molecule has 1 aromatic carbocycles. The predicted octanol–water partition coefficient (Wildman–Crippen LogP) is 3.06. The molecule has 2 aromatic rings. The Morgan fingerprint density at radius 2 is 1.86 bits per heavy atom. The second-order valence-corrected chi connectivity index (χ2v) is 5.50. The van der Waals surface area contributed by atoms with Crippen molar-refractivity contribution in [1.29, 1.82) is 0 Å². The summed E-state index contributed by atoms with van der Waals surface area (Å²) in [5, 5.41) is 3.22. The number of nitrogens with zero attached hydrogens (tertiary/aromatic N) is 2. The molecule has 21 heavy (non-hydrogen) atoms. The molecule has 1 aliphatic heterocycles. The number of hydrogen-bond acceptors (Lipinski definition) is 2. The minimum Gasteiger partial charge on any atom is -0.311 e. The summed E-state index contributed by atoms with van der Waals surface area (Å²) in [4.78, 5) is 4.57. The molecular formula is C15H16F3N3. The van der Waals surface area contributed by atoms with Gasteiger partial charge in [-0.3, -0.25) is 4.57 Å². The van der Waals surface area contributed by atoms with Crippen molar-refractivity contribution in [3.05, 3.63) is 46.8 Å². The average Bonchev–Trinajstić information content (AvgIpc) is 2.84. The largest absolute Gasteiger partial charge is 0.311 e. The molecule has 0 saturated heterocycles. The van der Waals surface area contributed by atoms with Crippen LogP contribution in [-0.2, 0) is 13.0 Å². The summed E-state index contributed by atoms with van der Waals surface area (Å²) < 4.78 is 42.0. The van der Waals surface area contributed by atoms with Crippen molar-refractivity contribution in [2.75, 3.05) is 6.54 Å². The van der Waals surface area contributed by atoms with Crippen LogP contribution in [-0.4, -0.2) is 16.1 Å². The lowest BCUT2D eigenvalue weighted by Crippen LogP contribution is -2.24. The van der Waals surface area contributed by atoms with Crippen molar-refractivity contribution in [3.63, 3.8) is 0 Å². The normalized spacial score (nSPS) is 14.6. The van der Waals surface area contributed by atoms with Gasteiger partial charge in [-0.25, -0.2) is 18.2 Å². The van der Waals surface area contributed by atoms with E-state index in [0.29, 0.717) is 6.54 Å². The highest BCUT2D eigenvalue weighted by Gasteiger charge is 2.23. The lowest BCUT2D eigenvalue weighted by Gasteiger charge is -2.17. The van der Waals surface area contributed by atoms with E-state index in [1.54, 1.807) is 4.57 Å². The van der Waals surface area contributed by atoms with Crippen LogP contribution >= 0.6 is 0 Å². The monoisotopic (exact) mass is 295 g/mol. The van der Waals surface area contributed by atoms with Gasteiger partial charge in [0, 0.05) is 43.3 Å². The molecule has 1 aromatic heterocycles. The Morgan fingerprint density at radius 1 is 1.19 bits per heavy atom. The van der Waals surface area contributed by atoms with Crippen molar-refractivity contribution >= 4 is 0 Å². The molecule has 6 heteroatoms. The summed E-state index contributed by atoms with van der Waals surface area (Å²) >= 11 is 0. The summed E-state index contributed by atoms with van der Waals surface area (Å²) in [6.45, 7) is 5.35. The maximum Gasteiger partial charge on any atom is 0.194 e. The van der Waals surface area contributed by atoms with Gasteiger partial charge in [0.1, 0.15) is 5.82 Å². The lowest BCUT2D eigenvalue weighted by molar-refractivity contribution is 0.446. The van der Waals surface area contributed by atoms with Gasteiger partial charge in [-0.2, -0.15) is 0 Å². The fraction of sp³-hybridized carbons (Fsp3) is 0.400. The van der Waals surface area contributed by atoms with E-state index in [9.17, 15) is 13.2 Å². The molecule has 1 N–H and O–H groups in total. The lowest BCUT2D eigenvalue weighted by atomic mass is 10.1. The number of rotatable bonds is 2. The van der Waals surface area contributed by atoms with Gasteiger partial charge < -0.3 is 5.32 Å². The molecule has 0 radical (unpaired) electrons. The summed E-state index contributed by atoms with van der Waals surface area (Å²) in [7, 11) is 0.